The molecular formula is C37H60O8. The Bertz CT molecular complexity index is 1090. The van der Waals surface area contributed by atoms with Gasteiger partial charge in [-0.3, -0.25) is 14.4 Å². The molecule has 0 amide bonds. The molecule has 0 heterocycles. The highest BCUT2D eigenvalue weighted by Gasteiger charge is 2.64. The highest BCUT2D eigenvalue weighted by Crippen LogP contribution is 2.68. The summed E-state index contributed by atoms with van der Waals surface area (Å²) in [5.41, 5.74) is -0.762. The lowest BCUT2D eigenvalue weighted by Gasteiger charge is -2.62. The minimum Gasteiger partial charge on any atom is -0.463 e. The Balaban J connectivity index is 1.52. The van der Waals surface area contributed by atoms with E-state index in [1.165, 1.54) is 6.92 Å². The molecule has 4 aliphatic carbocycles. The van der Waals surface area contributed by atoms with E-state index in [9.17, 15) is 24.6 Å². The van der Waals surface area contributed by atoms with Crippen molar-refractivity contribution in [3.63, 3.8) is 0 Å². The van der Waals surface area contributed by atoms with Crippen LogP contribution in [0.25, 0.3) is 0 Å². The van der Waals surface area contributed by atoms with Crippen molar-refractivity contribution in [1.82, 2.24) is 0 Å². The van der Waals surface area contributed by atoms with E-state index in [0.29, 0.717) is 23.7 Å². The molecule has 0 aromatic heterocycles. The predicted octanol–water partition coefficient (Wildman–Crippen LogP) is 6.54. The highest BCUT2D eigenvalue weighted by molar-refractivity contribution is 5.72. The van der Waals surface area contributed by atoms with Crippen LogP contribution < -0.4 is 0 Å². The summed E-state index contributed by atoms with van der Waals surface area (Å²) in [5.74, 6) is 1.03. The lowest BCUT2D eigenvalue weighted by molar-refractivity contribution is -0.196. The number of allylic oxidation sites excluding steroid dienone is 1. The Labute approximate surface area is 271 Å². The van der Waals surface area contributed by atoms with Gasteiger partial charge in [-0.2, -0.15) is 0 Å². The standard InChI is InChI=1S/C37H60O8/c1-9-22(2)34(42)44-32-21-31-29(14-11-25-18-28(43-23(3)38)16-17-36(25,31)7)30-15-12-24(37(30,32)8)10-13-26(39)19-27(40)20-33(41)45-35(4,5)6/h10,13,22,24-32,39-40H,9,11-12,14-21H2,1-8H3/b13-10+/t22-,24?,25+,26+,27+,28+,29-,30-,31-,32-,36-,37+/m0/s1. The van der Waals surface area contributed by atoms with Crippen LogP contribution >= 0.6 is 0 Å². The topological polar surface area (TPSA) is 119 Å². The zero-order valence-corrected chi connectivity index (χ0v) is 29.1. The number of aliphatic hydroxyl groups is 2. The van der Waals surface area contributed by atoms with Gasteiger partial charge in [-0.1, -0.05) is 39.8 Å². The van der Waals surface area contributed by atoms with Gasteiger partial charge < -0.3 is 24.4 Å². The molecule has 4 rings (SSSR count). The first-order chi connectivity index (χ1) is 21.0. The third-order valence-corrected chi connectivity index (χ3v) is 12.3. The van der Waals surface area contributed by atoms with E-state index in [1.807, 2.05) is 13.8 Å². The number of ether oxygens (including phenoxy) is 3. The lowest BCUT2D eigenvalue weighted by Crippen LogP contribution is -2.59. The van der Waals surface area contributed by atoms with E-state index in [1.54, 1.807) is 26.8 Å². The SMILES string of the molecule is CC[C@H](C)C(=O)O[C@H]1C[C@H]2[C@@H](CC[C@@H]3C[C@H](OC(C)=O)CC[C@@]32C)[C@@H]2CCC(/C=C/[C@@H](O)C[C@@H](O)CC(=O)OC(C)(C)C)[C@@]12C. The van der Waals surface area contributed by atoms with Crippen molar-refractivity contribution in [1.29, 1.82) is 0 Å². The summed E-state index contributed by atoms with van der Waals surface area (Å²) in [6.07, 6.45) is 10.3. The summed E-state index contributed by atoms with van der Waals surface area (Å²) in [7, 11) is 0. The number of hydrogen-bond acceptors (Lipinski definition) is 8. The van der Waals surface area contributed by atoms with Gasteiger partial charge in [0.15, 0.2) is 0 Å². The van der Waals surface area contributed by atoms with E-state index in [4.69, 9.17) is 14.2 Å². The molecule has 4 fully saturated rings. The minimum absolute atomic E-state index is 0.0000829. The van der Waals surface area contributed by atoms with Crippen molar-refractivity contribution in [2.75, 3.05) is 0 Å². The Kier molecular flexibility index (Phi) is 11.2. The van der Waals surface area contributed by atoms with E-state index < -0.39 is 23.8 Å². The molecule has 12 atom stereocenters. The molecular weight excluding hydrogens is 572 g/mol. The summed E-state index contributed by atoms with van der Waals surface area (Å²) >= 11 is 0. The smallest absolute Gasteiger partial charge is 0.308 e. The Hall–Kier alpha value is -1.93. The van der Waals surface area contributed by atoms with Crippen molar-refractivity contribution in [2.45, 2.75) is 156 Å². The fourth-order valence-corrected chi connectivity index (χ4v) is 9.74. The van der Waals surface area contributed by atoms with Gasteiger partial charge >= 0.3 is 17.9 Å². The molecule has 4 aliphatic rings. The average molecular weight is 633 g/mol. The van der Waals surface area contributed by atoms with Crippen molar-refractivity contribution in [3.05, 3.63) is 12.2 Å². The molecule has 256 valence electrons. The van der Waals surface area contributed by atoms with Crippen LogP contribution in [0.3, 0.4) is 0 Å². The number of fused-ring (bicyclic) bond motifs is 5. The van der Waals surface area contributed by atoms with E-state index in [2.05, 4.69) is 19.9 Å². The second-order valence-corrected chi connectivity index (χ2v) is 16.3. The number of rotatable bonds is 10. The van der Waals surface area contributed by atoms with Crippen molar-refractivity contribution in [3.8, 4) is 0 Å². The molecule has 0 radical (unpaired) electrons. The molecule has 0 aromatic carbocycles. The lowest BCUT2D eigenvalue weighted by atomic mass is 9.44. The number of carbonyl (C=O) groups is 3. The van der Waals surface area contributed by atoms with Crippen LogP contribution in [0.2, 0.25) is 0 Å². The molecule has 0 spiro atoms. The average Bonchev–Trinajstić information content (AvgIpc) is 3.27. The maximum absolute atomic E-state index is 13.3. The molecule has 45 heavy (non-hydrogen) atoms. The van der Waals surface area contributed by atoms with Gasteiger partial charge in [-0.15, -0.1) is 0 Å². The molecule has 1 unspecified atom stereocenters. The van der Waals surface area contributed by atoms with Gasteiger partial charge in [-0.05, 0) is 114 Å². The van der Waals surface area contributed by atoms with Crippen LogP contribution in [0.5, 0.6) is 0 Å². The molecule has 0 bridgehead atoms. The van der Waals surface area contributed by atoms with E-state index >= 15 is 0 Å². The first-order valence-corrected chi connectivity index (χ1v) is 17.6. The second-order valence-electron chi connectivity index (χ2n) is 16.3. The monoisotopic (exact) mass is 632 g/mol. The molecule has 0 saturated heterocycles. The Morgan fingerprint density at radius 3 is 2.33 bits per heavy atom. The van der Waals surface area contributed by atoms with Crippen LogP contribution in [-0.2, 0) is 28.6 Å². The largest absolute Gasteiger partial charge is 0.463 e. The first-order valence-electron chi connectivity index (χ1n) is 17.6. The number of esters is 3. The van der Waals surface area contributed by atoms with Crippen LogP contribution in [0.4, 0.5) is 0 Å². The second kappa shape index (κ2) is 14.0. The number of aliphatic hydroxyl groups excluding tert-OH is 2. The van der Waals surface area contributed by atoms with Gasteiger partial charge in [0.1, 0.15) is 17.8 Å². The van der Waals surface area contributed by atoms with E-state index in [-0.39, 0.29) is 59.7 Å². The van der Waals surface area contributed by atoms with Crippen molar-refractivity contribution >= 4 is 17.9 Å². The molecule has 0 aliphatic heterocycles. The van der Waals surface area contributed by atoms with Gasteiger partial charge in [0.25, 0.3) is 0 Å². The fourth-order valence-electron chi connectivity index (χ4n) is 9.74. The normalized spacial score (nSPS) is 38.3. The van der Waals surface area contributed by atoms with Gasteiger partial charge in [0.2, 0.25) is 0 Å². The molecule has 2 N–H and O–H groups in total. The number of carbonyl (C=O) groups excluding carboxylic acids is 3. The summed E-state index contributed by atoms with van der Waals surface area (Å²) in [6, 6.07) is 0. The van der Waals surface area contributed by atoms with Crippen LogP contribution in [0, 0.1) is 46.3 Å². The Morgan fingerprint density at radius 1 is 0.978 bits per heavy atom. The Morgan fingerprint density at radius 2 is 1.69 bits per heavy atom. The minimum atomic E-state index is -1.00. The van der Waals surface area contributed by atoms with Gasteiger partial charge in [0.05, 0.1) is 24.5 Å². The van der Waals surface area contributed by atoms with Crippen LogP contribution in [-0.4, -0.2) is 58.1 Å². The molecule has 8 heteroatoms. The first kappa shape index (κ1) is 35.9. The molecule has 0 aromatic rings. The third kappa shape index (κ3) is 7.97. The van der Waals surface area contributed by atoms with E-state index in [0.717, 1.165) is 57.8 Å². The zero-order chi connectivity index (χ0) is 33.3. The van der Waals surface area contributed by atoms with Crippen LogP contribution in [0.15, 0.2) is 12.2 Å². The summed E-state index contributed by atoms with van der Waals surface area (Å²) in [6.45, 7) is 15.6. The predicted molar refractivity (Wildman–Crippen MR) is 172 cm³/mol. The summed E-state index contributed by atoms with van der Waals surface area (Å²) in [4.78, 5) is 37.2. The number of hydrogen-bond donors (Lipinski definition) is 2. The fraction of sp³-hybridized carbons (Fsp3) is 0.865. The third-order valence-electron chi connectivity index (χ3n) is 12.3. The van der Waals surface area contributed by atoms with Gasteiger partial charge in [-0.25, -0.2) is 0 Å². The van der Waals surface area contributed by atoms with Gasteiger partial charge in [0, 0.05) is 18.8 Å². The zero-order valence-electron chi connectivity index (χ0n) is 29.1. The quantitative estimate of drug-likeness (QED) is 0.158. The maximum Gasteiger partial charge on any atom is 0.308 e. The molecule has 8 nitrogen and oxygen atoms in total. The summed E-state index contributed by atoms with van der Waals surface area (Å²) < 4.78 is 17.5. The highest BCUT2D eigenvalue weighted by atomic mass is 16.6. The van der Waals surface area contributed by atoms with Crippen molar-refractivity contribution < 1.29 is 38.8 Å². The molecule has 4 saturated carbocycles. The maximum atomic E-state index is 13.3. The van der Waals surface area contributed by atoms with Crippen LogP contribution in [0.1, 0.15) is 126 Å². The van der Waals surface area contributed by atoms with Crippen molar-refractivity contribution in [2.24, 2.45) is 46.3 Å². The summed E-state index contributed by atoms with van der Waals surface area (Å²) in [5, 5.41) is 21.3.